The van der Waals surface area contributed by atoms with Crippen LogP contribution in [0, 0.1) is 0 Å². The first kappa shape index (κ1) is 14.5. The van der Waals surface area contributed by atoms with Crippen molar-refractivity contribution in [3.05, 3.63) is 0 Å². The van der Waals surface area contributed by atoms with Crippen LogP contribution in [0.5, 0.6) is 0 Å². The van der Waals surface area contributed by atoms with Gasteiger partial charge in [0.15, 0.2) is 6.10 Å². The lowest BCUT2D eigenvalue weighted by molar-refractivity contribution is -0.439. The normalized spacial score (nSPS) is 23.4. The highest BCUT2D eigenvalue weighted by molar-refractivity contribution is 5.77. The van der Waals surface area contributed by atoms with E-state index < -0.39 is 36.8 Å². The molecule has 0 amide bonds. The summed E-state index contributed by atoms with van der Waals surface area (Å²) >= 11 is 0. The Morgan fingerprint density at radius 2 is 1.72 bits per heavy atom. The van der Waals surface area contributed by atoms with E-state index in [1.165, 1.54) is 0 Å². The Balaban J connectivity index is 3.12. The van der Waals surface area contributed by atoms with E-state index >= 15 is 0 Å². The fourth-order valence-corrected chi connectivity index (χ4v) is 1.12. The van der Waals surface area contributed by atoms with E-state index in [9.17, 15) is 35.9 Å². The SMILES string of the molecule is O=C=NC[C@@H]1OC(C(F)(F)F)(C(F)(F)F)OC1=O. The highest BCUT2D eigenvalue weighted by atomic mass is 19.4. The second-order valence-corrected chi connectivity index (χ2v) is 3.07. The van der Waals surface area contributed by atoms with E-state index in [1.54, 1.807) is 0 Å². The molecular weight excluding hydrogens is 276 g/mol. The van der Waals surface area contributed by atoms with Gasteiger partial charge in [0.1, 0.15) is 0 Å². The fraction of sp³-hybridized carbons (Fsp3) is 0.714. The van der Waals surface area contributed by atoms with Gasteiger partial charge in [-0.25, -0.2) is 14.6 Å². The molecule has 0 aromatic rings. The molecule has 0 radical (unpaired) electrons. The zero-order valence-corrected chi connectivity index (χ0v) is 8.13. The van der Waals surface area contributed by atoms with Crippen molar-refractivity contribution >= 4 is 12.0 Å². The van der Waals surface area contributed by atoms with Crippen LogP contribution in [-0.4, -0.2) is 42.8 Å². The summed E-state index contributed by atoms with van der Waals surface area (Å²) in [7, 11) is 0. The zero-order chi connectivity index (χ0) is 14.2. The quantitative estimate of drug-likeness (QED) is 0.328. The van der Waals surface area contributed by atoms with Crippen LogP contribution in [0.1, 0.15) is 0 Å². The van der Waals surface area contributed by atoms with Gasteiger partial charge in [-0.3, -0.25) is 0 Å². The summed E-state index contributed by atoms with van der Waals surface area (Å²) in [6.07, 6.45) is -13.5. The largest absolute Gasteiger partial charge is 0.465 e. The maximum absolute atomic E-state index is 12.4. The smallest absolute Gasteiger partial charge is 0.414 e. The Bertz CT molecular complexity index is 382. The minimum absolute atomic E-state index is 0.845. The number of ether oxygens (including phenoxy) is 2. The lowest BCUT2D eigenvalue weighted by Gasteiger charge is -2.30. The summed E-state index contributed by atoms with van der Waals surface area (Å²) in [5.41, 5.74) is 0. The van der Waals surface area contributed by atoms with Gasteiger partial charge < -0.3 is 9.47 Å². The number of aliphatic imine (C=N–C) groups is 1. The molecule has 1 aliphatic heterocycles. The maximum atomic E-state index is 12.4. The van der Waals surface area contributed by atoms with Crippen LogP contribution in [0.3, 0.4) is 0 Å². The van der Waals surface area contributed by atoms with E-state index in [4.69, 9.17) is 0 Å². The number of alkyl halides is 6. The number of cyclic esters (lactones) is 1. The average molecular weight is 279 g/mol. The monoisotopic (exact) mass is 279 g/mol. The van der Waals surface area contributed by atoms with Gasteiger partial charge in [0.05, 0.1) is 6.54 Å². The lowest BCUT2D eigenvalue weighted by atomic mass is 10.2. The molecule has 102 valence electrons. The highest BCUT2D eigenvalue weighted by Crippen LogP contribution is 2.50. The van der Waals surface area contributed by atoms with Crippen LogP contribution in [0.25, 0.3) is 0 Å². The van der Waals surface area contributed by atoms with E-state index in [1.807, 2.05) is 0 Å². The number of halogens is 6. The van der Waals surface area contributed by atoms with Gasteiger partial charge in [0.2, 0.25) is 6.08 Å². The molecule has 0 aromatic carbocycles. The Hall–Kier alpha value is -1.61. The van der Waals surface area contributed by atoms with Crippen LogP contribution < -0.4 is 0 Å². The molecular formula is C7H3F6NO4. The van der Waals surface area contributed by atoms with E-state index in [2.05, 4.69) is 14.5 Å². The first-order valence-electron chi connectivity index (χ1n) is 4.13. The second kappa shape index (κ2) is 4.25. The number of carbonyl (C=O) groups is 1. The van der Waals surface area contributed by atoms with Gasteiger partial charge >= 0.3 is 24.1 Å². The topological polar surface area (TPSA) is 65.0 Å². The third-order valence-electron chi connectivity index (χ3n) is 1.88. The third kappa shape index (κ3) is 2.18. The number of isocyanates is 1. The summed E-state index contributed by atoms with van der Waals surface area (Å²) in [4.78, 5) is 23.2. The molecule has 0 unspecified atom stereocenters. The Morgan fingerprint density at radius 3 is 2.06 bits per heavy atom. The molecule has 1 heterocycles. The van der Waals surface area contributed by atoms with Gasteiger partial charge in [-0.05, 0) is 0 Å². The van der Waals surface area contributed by atoms with Crippen molar-refractivity contribution < 1.29 is 45.4 Å². The highest BCUT2D eigenvalue weighted by Gasteiger charge is 2.80. The Labute approximate surface area is 94.4 Å². The number of esters is 1. The van der Waals surface area contributed by atoms with Crippen LogP contribution >= 0.6 is 0 Å². The van der Waals surface area contributed by atoms with E-state index in [-0.39, 0.29) is 0 Å². The Kier molecular flexibility index (Phi) is 3.41. The summed E-state index contributed by atoms with van der Waals surface area (Å²) in [6.45, 7) is -1.05. The molecule has 1 fully saturated rings. The summed E-state index contributed by atoms with van der Waals surface area (Å²) in [6, 6.07) is 0. The molecule has 18 heavy (non-hydrogen) atoms. The molecule has 0 bridgehead atoms. The molecule has 0 aliphatic carbocycles. The van der Waals surface area contributed by atoms with Gasteiger partial charge in [0, 0.05) is 0 Å². The minimum atomic E-state index is -6.01. The van der Waals surface area contributed by atoms with Gasteiger partial charge in [-0.15, -0.1) is 0 Å². The molecule has 0 spiro atoms. The molecule has 0 N–H and O–H groups in total. The molecule has 0 aromatic heterocycles. The van der Waals surface area contributed by atoms with Gasteiger partial charge in [-0.2, -0.15) is 26.3 Å². The van der Waals surface area contributed by atoms with Crippen molar-refractivity contribution in [3.63, 3.8) is 0 Å². The average Bonchev–Trinajstić information content (AvgIpc) is 2.52. The van der Waals surface area contributed by atoms with Crippen molar-refractivity contribution in [1.82, 2.24) is 0 Å². The number of nitrogens with zero attached hydrogens (tertiary/aromatic N) is 1. The molecule has 1 saturated heterocycles. The number of hydrogen-bond donors (Lipinski definition) is 0. The van der Waals surface area contributed by atoms with Crippen LogP contribution in [-0.2, 0) is 19.1 Å². The molecule has 1 rings (SSSR count). The van der Waals surface area contributed by atoms with Crippen molar-refractivity contribution in [2.24, 2.45) is 4.99 Å². The summed E-state index contributed by atoms with van der Waals surface area (Å²) < 4.78 is 81.0. The van der Waals surface area contributed by atoms with Crippen molar-refractivity contribution in [2.45, 2.75) is 24.2 Å². The zero-order valence-electron chi connectivity index (χ0n) is 8.13. The fourth-order valence-electron chi connectivity index (χ4n) is 1.12. The molecule has 11 heteroatoms. The van der Waals surface area contributed by atoms with Crippen molar-refractivity contribution in [3.8, 4) is 0 Å². The first-order chi connectivity index (χ1) is 8.05. The number of carbonyl (C=O) groups excluding carboxylic acids is 2. The number of rotatable bonds is 2. The van der Waals surface area contributed by atoms with Crippen molar-refractivity contribution in [2.75, 3.05) is 6.54 Å². The summed E-state index contributed by atoms with van der Waals surface area (Å²) in [5, 5.41) is 0. The maximum Gasteiger partial charge on any atom is 0.465 e. The minimum Gasteiger partial charge on any atom is -0.414 e. The first-order valence-corrected chi connectivity index (χ1v) is 4.13. The van der Waals surface area contributed by atoms with Gasteiger partial charge in [-0.1, -0.05) is 0 Å². The second-order valence-electron chi connectivity index (χ2n) is 3.07. The predicted molar refractivity (Wildman–Crippen MR) is 38.8 cm³/mol. The Morgan fingerprint density at radius 1 is 1.22 bits per heavy atom. The predicted octanol–water partition coefficient (Wildman–Crippen LogP) is 1.09. The molecule has 1 atom stereocenters. The summed E-state index contributed by atoms with van der Waals surface area (Å²) in [5.74, 6) is -6.94. The van der Waals surface area contributed by atoms with Gasteiger partial charge in [0.25, 0.3) is 0 Å². The molecule has 0 saturated carbocycles. The van der Waals surface area contributed by atoms with Crippen LogP contribution in [0.2, 0.25) is 0 Å². The van der Waals surface area contributed by atoms with Crippen LogP contribution in [0.15, 0.2) is 4.99 Å². The van der Waals surface area contributed by atoms with E-state index in [0.29, 0.717) is 0 Å². The number of hydrogen-bond acceptors (Lipinski definition) is 5. The molecule has 1 aliphatic rings. The third-order valence-corrected chi connectivity index (χ3v) is 1.88. The van der Waals surface area contributed by atoms with E-state index in [0.717, 1.165) is 6.08 Å². The standard InChI is InChI=1S/C7H3F6NO4/c8-6(9,10)5(7(11,12)13)17-3(1-14-2-15)4(16)18-5/h3H,1H2/t3-/m0/s1. The van der Waals surface area contributed by atoms with Crippen molar-refractivity contribution in [1.29, 1.82) is 0 Å². The lowest BCUT2D eigenvalue weighted by Crippen LogP contribution is -2.58. The molecule has 5 nitrogen and oxygen atoms in total. The van der Waals surface area contributed by atoms with Crippen LogP contribution in [0.4, 0.5) is 26.3 Å².